The number of hydrogen-bond acceptors (Lipinski definition) is 8. The predicted octanol–water partition coefficient (Wildman–Crippen LogP) is 3.78. The van der Waals surface area contributed by atoms with Crippen molar-refractivity contribution in [3.05, 3.63) is 41.0 Å². The molecule has 0 fully saturated rings. The van der Waals surface area contributed by atoms with E-state index in [-0.39, 0.29) is 40.8 Å². The fourth-order valence-electron chi connectivity index (χ4n) is 2.74. The lowest BCUT2D eigenvalue weighted by Gasteiger charge is -2.23. The Bertz CT molecular complexity index is 1060. The molecule has 1 aromatic heterocycles. The molecule has 2 aromatic rings. The van der Waals surface area contributed by atoms with Gasteiger partial charge in [0, 0.05) is 5.56 Å². The van der Waals surface area contributed by atoms with Crippen molar-refractivity contribution in [2.75, 3.05) is 12.3 Å². The van der Waals surface area contributed by atoms with Crippen LogP contribution in [0.25, 0.3) is 11.1 Å². The van der Waals surface area contributed by atoms with Gasteiger partial charge in [-0.25, -0.2) is 4.98 Å². The Morgan fingerprint density at radius 2 is 1.77 bits per heavy atom. The minimum absolute atomic E-state index is 0.0248. The van der Waals surface area contributed by atoms with Crippen LogP contribution in [-0.4, -0.2) is 28.1 Å². The second-order valence-corrected chi connectivity index (χ2v) is 8.65. The number of thioether (sulfide) groups is 1. The summed E-state index contributed by atoms with van der Waals surface area (Å²) in [5.41, 5.74) is 8.35. The van der Waals surface area contributed by atoms with Gasteiger partial charge in [0.05, 0.1) is 16.9 Å². The third-order valence-corrected chi connectivity index (χ3v) is 5.62. The number of nitrogens with two attached hydrogens (primary N) is 1. The monoisotopic (exact) mass is 422 g/mol. The van der Waals surface area contributed by atoms with Crippen molar-refractivity contribution >= 4 is 29.3 Å². The predicted molar refractivity (Wildman–Crippen MR) is 114 cm³/mol. The number of benzene rings is 1. The largest absolute Gasteiger partial charge is 0.466 e. The van der Waals surface area contributed by atoms with Gasteiger partial charge in [-0.15, -0.1) is 0 Å². The molecule has 7 nitrogen and oxygen atoms in total. The molecule has 2 N–H and O–H groups in total. The van der Waals surface area contributed by atoms with Crippen molar-refractivity contribution in [1.29, 1.82) is 10.5 Å². The van der Waals surface area contributed by atoms with E-state index in [1.807, 2.05) is 25.1 Å². The fourth-order valence-corrected chi connectivity index (χ4v) is 3.80. The fraction of sp³-hybridized carbons (Fsp3) is 0.318. The molecule has 0 aliphatic heterocycles. The summed E-state index contributed by atoms with van der Waals surface area (Å²) in [7, 11) is 0. The van der Waals surface area contributed by atoms with Gasteiger partial charge in [0.2, 0.25) is 0 Å². The molecule has 0 saturated carbocycles. The molecule has 30 heavy (non-hydrogen) atoms. The zero-order valence-electron chi connectivity index (χ0n) is 17.3. The maximum atomic E-state index is 12.6. The van der Waals surface area contributed by atoms with E-state index in [2.05, 4.69) is 11.1 Å². The molecule has 0 saturated heterocycles. The highest BCUT2D eigenvalue weighted by atomic mass is 32.2. The third-order valence-electron chi connectivity index (χ3n) is 4.39. The van der Waals surface area contributed by atoms with Gasteiger partial charge in [0.15, 0.2) is 5.78 Å². The number of nitriles is 2. The Labute approximate surface area is 179 Å². The van der Waals surface area contributed by atoms with Crippen LogP contribution in [0, 0.1) is 29.6 Å². The summed E-state index contributed by atoms with van der Waals surface area (Å²) in [4.78, 5) is 28.6. The first-order chi connectivity index (χ1) is 14.1. The maximum absolute atomic E-state index is 12.6. The Morgan fingerprint density at radius 3 is 2.30 bits per heavy atom. The summed E-state index contributed by atoms with van der Waals surface area (Å²) >= 11 is 1.03. The molecule has 8 heteroatoms. The summed E-state index contributed by atoms with van der Waals surface area (Å²) < 4.78 is 3.77. The first-order valence-electron chi connectivity index (χ1n) is 9.23. The summed E-state index contributed by atoms with van der Waals surface area (Å²) in [5, 5.41) is 19.7. The van der Waals surface area contributed by atoms with Gasteiger partial charge in [-0.2, -0.15) is 10.5 Å². The maximum Gasteiger partial charge on any atom is 0.313 e. The van der Waals surface area contributed by atoms with Crippen LogP contribution >= 0.6 is 11.8 Å². The molecule has 0 atom stereocenters. The molecule has 0 unspecified atom stereocenters. The van der Waals surface area contributed by atoms with Gasteiger partial charge >= 0.3 is 5.97 Å². The second kappa shape index (κ2) is 9.43. The number of carbonyl (C=O) groups is 2. The van der Waals surface area contributed by atoms with E-state index in [0.29, 0.717) is 11.1 Å². The zero-order chi connectivity index (χ0) is 22.5. The molecule has 1 heterocycles. The van der Waals surface area contributed by atoms with E-state index in [1.54, 1.807) is 32.9 Å². The van der Waals surface area contributed by atoms with Crippen molar-refractivity contribution in [1.82, 2.24) is 4.98 Å². The van der Waals surface area contributed by atoms with Crippen LogP contribution in [-0.2, 0) is 14.3 Å². The Hall–Kier alpha value is -3.36. The number of aryl methyl sites for hydroxylation is 1. The molecule has 1 aromatic carbocycles. The summed E-state index contributed by atoms with van der Waals surface area (Å²) in [6.07, 6.45) is -0.383. The van der Waals surface area contributed by atoms with E-state index >= 15 is 0 Å². The number of ether oxygens (including phenoxy) is 1. The van der Waals surface area contributed by atoms with E-state index < -0.39 is 10.7 Å². The lowest BCUT2D eigenvalue weighted by molar-refractivity contribution is -0.145. The van der Waals surface area contributed by atoms with Crippen LogP contribution in [0.4, 0.5) is 5.82 Å². The number of anilines is 1. The lowest BCUT2D eigenvalue weighted by Crippen LogP contribution is -2.30. The number of nitrogen functional groups attached to an aromatic ring is 1. The number of aromatic nitrogens is 1. The molecular weight excluding hydrogens is 400 g/mol. The Kier molecular flexibility index (Phi) is 7.20. The van der Waals surface area contributed by atoms with Crippen LogP contribution in [0.15, 0.2) is 29.3 Å². The highest BCUT2D eigenvalue weighted by Gasteiger charge is 2.33. The second-order valence-electron chi connectivity index (χ2n) is 7.03. The van der Waals surface area contributed by atoms with Crippen molar-refractivity contribution in [2.45, 2.75) is 43.9 Å². The summed E-state index contributed by atoms with van der Waals surface area (Å²) in [5.74, 6) is -0.996. The molecule has 0 radical (unpaired) electrons. The van der Waals surface area contributed by atoms with Gasteiger partial charge in [0.25, 0.3) is 0 Å². The van der Waals surface area contributed by atoms with Crippen molar-refractivity contribution < 1.29 is 14.3 Å². The van der Waals surface area contributed by atoms with Crippen LogP contribution in [0.3, 0.4) is 0 Å². The quantitative estimate of drug-likeness (QED) is 0.405. The van der Waals surface area contributed by atoms with Crippen LogP contribution in [0.1, 0.15) is 43.9 Å². The average molecular weight is 423 g/mol. The molecular formula is C22H22N4O3S. The smallest absolute Gasteiger partial charge is 0.313 e. The highest BCUT2D eigenvalue weighted by molar-refractivity contribution is 8.01. The van der Waals surface area contributed by atoms with Crippen LogP contribution < -0.4 is 5.73 Å². The van der Waals surface area contributed by atoms with Gasteiger partial charge in [-0.1, -0.05) is 41.6 Å². The lowest BCUT2D eigenvalue weighted by atomic mass is 9.96. The Morgan fingerprint density at radius 1 is 1.17 bits per heavy atom. The van der Waals surface area contributed by atoms with E-state index in [0.717, 1.165) is 17.3 Å². The first-order valence-corrected chi connectivity index (χ1v) is 10.0. The van der Waals surface area contributed by atoms with Crippen molar-refractivity contribution in [3.8, 4) is 23.3 Å². The number of ketones is 1. The minimum atomic E-state index is -1.07. The van der Waals surface area contributed by atoms with Gasteiger partial charge < -0.3 is 10.5 Å². The molecule has 0 aliphatic carbocycles. The Balaban J connectivity index is 2.55. The number of rotatable bonds is 7. The number of pyridine rings is 1. The number of hydrogen-bond donors (Lipinski definition) is 1. The number of esters is 1. The molecule has 154 valence electrons. The van der Waals surface area contributed by atoms with Crippen molar-refractivity contribution in [2.24, 2.45) is 0 Å². The van der Waals surface area contributed by atoms with E-state index in [1.165, 1.54) is 0 Å². The topological polar surface area (TPSA) is 130 Å². The third kappa shape index (κ3) is 4.97. The molecule has 0 bridgehead atoms. The molecule has 0 spiro atoms. The highest BCUT2D eigenvalue weighted by Crippen LogP contribution is 2.40. The van der Waals surface area contributed by atoms with Crippen LogP contribution in [0.5, 0.6) is 0 Å². The normalized spacial score (nSPS) is 10.7. The van der Waals surface area contributed by atoms with Crippen LogP contribution in [0.2, 0.25) is 0 Å². The first kappa shape index (κ1) is 22.9. The number of carbonyl (C=O) groups excluding carboxylic acids is 2. The van der Waals surface area contributed by atoms with E-state index in [9.17, 15) is 20.1 Å². The molecule has 0 amide bonds. The summed E-state index contributed by atoms with van der Waals surface area (Å²) in [6, 6.07) is 11.5. The number of nitrogens with zero attached hydrogens (tertiary/aromatic N) is 3. The van der Waals surface area contributed by atoms with Gasteiger partial charge in [-0.05, 0) is 33.3 Å². The average Bonchev–Trinajstić information content (AvgIpc) is 2.68. The zero-order valence-corrected chi connectivity index (χ0v) is 18.1. The minimum Gasteiger partial charge on any atom is -0.466 e. The van der Waals surface area contributed by atoms with E-state index in [4.69, 9.17) is 10.5 Å². The standard InChI is InChI=1S/C22H22N4O3S/c1-5-29-18(28)10-17(27)22(3,4)30-21-16(12-24)19(15(11-23)20(25)26-21)14-8-6-13(2)7-9-14/h6-9H,5,10H2,1-4H3,(H2,25,26). The van der Waals surface area contributed by atoms with Gasteiger partial charge in [0.1, 0.15) is 35.0 Å². The number of Topliss-reactive ketones (excluding diaryl/α,β-unsaturated/α-hetero) is 1. The van der Waals surface area contributed by atoms with Gasteiger partial charge in [-0.3, -0.25) is 9.59 Å². The molecule has 2 rings (SSSR count). The molecule has 0 aliphatic rings. The SMILES string of the molecule is CCOC(=O)CC(=O)C(C)(C)Sc1nc(N)c(C#N)c(-c2ccc(C)cc2)c1C#N. The summed E-state index contributed by atoms with van der Waals surface area (Å²) in [6.45, 7) is 7.06. The van der Waals surface area contributed by atoms with Crippen molar-refractivity contribution in [3.63, 3.8) is 0 Å².